The van der Waals surface area contributed by atoms with Crippen molar-refractivity contribution in [1.82, 2.24) is 5.32 Å². The van der Waals surface area contributed by atoms with Gasteiger partial charge in [0.05, 0.1) is 12.1 Å². The molecule has 0 aromatic rings. The summed E-state index contributed by atoms with van der Waals surface area (Å²) in [6, 6.07) is -0.372. The zero-order valence-corrected chi connectivity index (χ0v) is 14.3. The highest BCUT2D eigenvalue weighted by Gasteiger charge is 2.56. The number of hydrogen-bond acceptors (Lipinski definition) is 5. The summed E-state index contributed by atoms with van der Waals surface area (Å²) in [5.41, 5.74) is -0.319. The van der Waals surface area contributed by atoms with Crippen LogP contribution in [0.4, 0.5) is 0 Å². The first-order valence-electron chi connectivity index (χ1n) is 7.92. The van der Waals surface area contributed by atoms with E-state index in [2.05, 4.69) is 43.6 Å². The van der Waals surface area contributed by atoms with Gasteiger partial charge in [0.15, 0.2) is 0 Å². The molecule has 0 amide bonds. The average Bonchev–Trinajstić information content (AvgIpc) is 2.72. The summed E-state index contributed by atoms with van der Waals surface area (Å²) in [5.74, 6) is 0.620. The van der Waals surface area contributed by atoms with Crippen LogP contribution in [0.15, 0.2) is 24.4 Å². The summed E-state index contributed by atoms with van der Waals surface area (Å²) in [5, 5.41) is 14.3. The Kier molecular flexibility index (Phi) is 5.28. The van der Waals surface area contributed by atoms with Gasteiger partial charge in [-0.25, -0.2) is 0 Å². The molecule has 1 saturated heterocycles. The Hall–Kier alpha value is -0.940. The second-order valence-corrected chi connectivity index (χ2v) is 7.30. The number of rotatable bonds is 6. The second kappa shape index (κ2) is 6.67. The van der Waals surface area contributed by atoms with E-state index in [4.69, 9.17) is 4.74 Å². The lowest BCUT2D eigenvalue weighted by atomic mass is 9.70. The Labute approximate surface area is 138 Å². The van der Waals surface area contributed by atoms with Crippen molar-refractivity contribution >= 4 is 19.1 Å². The molecule has 2 rings (SSSR count). The lowest BCUT2D eigenvalue weighted by Crippen LogP contribution is -2.57. The summed E-state index contributed by atoms with van der Waals surface area (Å²) >= 11 is 4.30. The van der Waals surface area contributed by atoms with Crippen LogP contribution in [0.1, 0.15) is 39.5 Å². The van der Waals surface area contributed by atoms with E-state index in [9.17, 15) is 9.90 Å². The standard InChI is InChI=1S/C17H27NO3S/c1-12-13(7-10-22)17(3,21-11-19)14(18-12)15(20)16(2)8-5-4-6-9-16/h5,8,11,13-15,18,20,22H,1,4,6-7,9-10H2,2-3H3/t13-,14+,15+,16+,17-/m0/s1. The highest BCUT2D eigenvalue weighted by molar-refractivity contribution is 7.80. The van der Waals surface area contributed by atoms with Gasteiger partial charge in [0.25, 0.3) is 6.47 Å². The fourth-order valence-electron chi connectivity index (χ4n) is 3.91. The van der Waals surface area contributed by atoms with Crippen molar-refractivity contribution in [2.45, 2.75) is 57.3 Å². The molecular weight excluding hydrogens is 298 g/mol. The molecule has 4 nitrogen and oxygen atoms in total. The zero-order chi connectivity index (χ0) is 16.4. The minimum Gasteiger partial charge on any atom is -0.459 e. The van der Waals surface area contributed by atoms with Gasteiger partial charge in [0, 0.05) is 17.0 Å². The van der Waals surface area contributed by atoms with Crippen molar-refractivity contribution in [3.8, 4) is 0 Å². The van der Waals surface area contributed by atoms with E-state index in [1.165, 1.54) is 0 Å². The molecule has 5 atom stereocenters. The first-order chi connectivity index (χ1) is 10.4. The van der Waals surface area contributed by atoms with Crippen LogP contribution in [0.2, 0.25) is 0 Å². The lowest BCUT2D eigenvalue weighted by molar-refractivity contribution is -0.152. The van der Waals surface area contributed by atoms with Crippen molar-refractivity contribution in [3.05, 3.63) is 24.4 Å². The van der Waals surface area contributed by atoms with Crippen LogP contribution in [0.5, 0.6) is 0 Å². The summed E-state index contributed by atoms with van der Waals surface area (Å²) in [6.45, 7) is 8.48. The highest BCUT2D eigenvalue weighted by atomic mass is 32.1. The van der Waals surface area contributed by atoms with Crippen LogP contribution in [0, 0.1) is 11.3 Å². The average molecular weight is 325 g/mol. The molecular formula is C17H27NO3S. The van der Waals surface area contributed by atoms with E-state index in [0.717, 1.165) is 31.4 Å². The number of nitrogens with one attached hydrogen (secondary N) is 1. The molecule has 0 radical (unpaired) electrons. The topological polar surface area (TPSA) is 58.6 Å². The molecule has 124 valence electrons. The maximum atomic E-state index is 11.1. The quantitative estimate of drug-likeness (QED) is 0.399. The van der Waals surface area contributed by atoms with Gasteiger partial charge in [-0.15, -0.1) is 0 Å². The molecule has 0 aromatic heterocycles. The SMILES string of the molecule is C=C1N[C@H]([C@@H](O)[C@]2(C)C=CCCC2)[C@@](C)(OC=O)[C@H]1CCS. The fourth-order valence-corrected chi connectivity index (χ4v) is 4.17. The van der Waals surface area contributed by atoms with E-state index < -0.39 is 11.7 Å². The Morgan fingerprint density at radius 2 is 2.36 bits per heavy atom. The van der Waals surface area contributed by atoms with Crippen molar-refractivity contribution < 1.29 is 14.6 Å². The van der Waals surface area contributed by atoms with Crippen molar-refractivity contribution in [2.75, 3.05) is 5.75 Å². The van der Waals surface area contributed by atoms with E-state index in [1.54, 1.807) is 0 Å². The number of aliphatic hydroxyl groups excluding tert-OH is 1. The highest BCUT2D eigenvalue weighted by Crippen LogP contribution is 2.45. The third-order valence-electron chi connectivity index (χ3n) is 5.37. The summed E-state index contributed by atoms with van der Waals surface area (Å²) in [7, 11) is 0. The minimum atomic E-state index is -0.810. The Morgan fingerprint density at radius 3 is 2.91 bits per heavy atom. The molecule has 22 heavy (non-hydrogen) atoms. The van der Waals surface area contributed by atoms with Crippen molar-refractivity contribution in [2.24, 2.45) is 11.3 Å². The largest absolute Gasteiger partial charge is 0.459 e. The van der Waals surface area contributed by atoms with Crippen LogP contribution in [-0.4, -0.2) is 35.1 Å². The van der Waals surface area contributed by atoms with E-state index in [0.29, 0.717) is 12.2 Å². The van der Waals surface area contributed by atoms with Gasteiger partial charge in [-0.2, -0.15) is 12.6 Å². The first kappa shape index (κ1) is 17.4. The number of thiol groups is 1. The summed E-state index contributed by atoms with van der Waals surface area (Å²) in [4.78, 5) is 11.1. The van der Waals surface area contributed by atoms with Crippen LogP contribution in [-0.2, 0) is 9.53 Å². The van der Waals surface area contributed by atoms with Crippen molar-refractivity contribution in [1.29, 1.82) is 0 Å². The van der Waals surface area contributed by atoms with Gasteiger partial charge in [0.2, 0.25) is 0 Å². The monoisotopic (exact) mass is 325 g/mol. The van der Waals surface area contributed by atoms with Crippen LogP contribution in [0.25, 0.3) is 0 Å². The maximum absolute atomic E-state index is 11.1. The molecule has 1 aliphatic heterocycles. The van der Waals surface area contributed by atoms with Gasteiger partial charge in [-0.3, -0.25) is 4.79 Å². The van der Waals surface area contributed by atoms with Gasteiger partial charge in [-0.1, -0.05) is 25.7 Å². The smallest absolute Gasteiger partial charge is 0.293 e. The molecule has 2 N–H and O–H groups in total. The number of ether oxygens (including phenoxy) is 1. The summed E-state index contributed by atoms with van der Waals surface area (Å²) < 4.78 is 5.47. The fraction of sp³-hybridized carbons (Fsp3) is 0.706. The van der Waals surface area contributed by atoms with Gasteiger partial charge in [-0.05, 0) is 38.4 Å². The van der Waals surface area contributed by atoms with Gasteiger partial charge >= 0.3 is 0 Å². The van der Waals surface area contributed by atoms with Crippen LogP contribution >= 0.6 is 12.6 Å². The third kappa shape index (κ3) is 2.93. The molecule has 1 aliphatic carbocycles. The Morgan fingerprint density at radius 1 is 1.64 bits per heavy atom. The maximum Gasteiger partial charge on any atom is 0.293 e. The molecule has 2 aliphatic rings. The number of aliphatic hydroxyl groups is 1. The molecule has 1 fully saturated rings. The molecule has 0 saturated carbocycles. The third-order valence-corrected chi connectivity index (χ3v) is 5.63. The molecule has 0 bridgehead atoms. The van der Waals surface area contributed by atoms with Gasteiger partial charge in [0.1, 0.15) is 5.60 Å². The molecule has 5 heteroatoms. The molecule has 0 spiro atoms. The van der Waals surface area contributed by atoms with Crippen molar-refractivity contribution in [3.63, 3.8) is 0 Å². The zero-order valence-electron chi connectivity index (χ0n) is 13.4. The first-order valence-corrected chi connectivity index (χ1v) is 8.55. The van der Waals surface area contributed by atoms with Crippen LogP contribution in [0.3, 0.4) is 0 Å². The normalized spacial score (nSPS) is 39.4. The van der Waals surface area contributed by atoms with E-state index in [-0.39, 0.29) is 17.4 Å². The van der Waals surface area contributed by atoms with Gasteiger partial charge < -0.3 is 15.2 Å². The second-order valence-electron chi connectivity index (χ2n) is 6.86. The predicted octanol–water partition coefficient (Wildman–Crippen LogP) is 2.45. The van der Waals surface area contributed by atoms with Crippen LogP contribution < -0.4 is 5.32 Å². The predicted molar refractivity (Wildman–Crippen MR) is 90.7 cm³/mol. The number of carbonyl (C=O) groups is 1. The summed E-state index contributed by atoms with van der Waals surface area (Å²) in [6.07, 6.45) is 7.34. The number of hydrogen-bond donors (Lipinski definition) is 3. The lowest BCUT2D eigenvalue weighted by Gasteiger charge is -2.43. The number of carbonyl (C=O) groups excluding carboxylic acids is 1. The Balaban J connectivity index is 2.31. The molecule has 0 aromatic carbocycles. The molecule has 1 heterocycles. The minimum absolute atomic E-state index is 0.0500. The van der Waals surface area contributed by atoms with E-state index in [1.807, 2.05) is 6.92 Å². The van der Waals surface area contributed by atoms with E-state index >= 15 is 0 Å². The Bertz CT molecular complexity index is 467. The number of allylic oxidation sites excluding steroid dienone is 1. The molecule has 0 unspecified atom stereocenters.